The first kappa shape index (κ1) is 25.4. The van der Waals surface area contributed by atoms with Crippen LogP contribution in [-0.4, -0.2) is 30.3 Å². The average Bonchev–Trinajstić information content (AvgIpc) is 3.19. The summed E-state index contributed by atoms with van der Waals surface area (Å²) in [6.07, 6.45) is 2.21. The maximum atomic E-state index is 13.3. The highest BCUT2D eigenvalue weighted by molar-refractivity contribution is 6.22. The number of amides is 3. The van der Waals surface area contributed by atoms with Gasteiger partial charge in [-0.1, -0.05) is 42.5 Å². The van der Waals surface area contributed by atoms with E-state index in [-0.39, 0.29) is 35.1 Å². The first-order valence-corrected chi connectivity index (χ1v) is 12.9. The van der Waals surface area contributed by atoms with E-state index in [1.54, 1.807) is 18.2 Å². The second kappa shape index (κ2) is 10.6. The topological polar surface area (TPSA) is 92.8 Å². The monoisotopic (exact) mass is 510 g/mol. The van der Waals surface area contributed by atoms with E-state index in [9.17, 15) is 19.2 Å². The molecular formula is C31H30N2O5. The summed E-state index contributed by atoms with van der Waals surface area (Å²) < 4.78 is 5.17. The zero-order valence-electron chi connectivity index (χ0n) is 21.5. The van der Waals surface area contributed by atoms with Gasteiger partial charge in [0.05, 0.1) is 23.1 Å². The smallest absolute Gasteiger partial charge is 0.338 e. The molecule has 194 valence electrons. The molecule has 2 aliphatic rings. The van der Waals surface area contributed by atoms with Gasteiger partial charge in [0.25, 0.3) is 5.91 Å². The van der Waals surface area contributed by atoms with Crippen LogP contribution < -0.4 is 10.2 Å². The Bertz CT molecular complexity index is 1380. The van der Waals surface area contributed by atoms with Crippen LogP contribution in [0.5, 0.6) is 0 Å². The molecule has 0 spiro atoms. The van der Waals surface area contributed by atoms with Gasteiger partial charge >= 0.3 is 5.97 Å². The summed E-state index contributed by atoms with van der Waals surface area (Å²) in [5, 5.41) is 2.75. The van der Waals surface area contributed by atoms with Crippen LogP contribution in [0, 0.1) is 25.7 Å². The molecule has 0 unspecified atom stereocenters. The SMILES string of the molecule is Cc1cccc(NC(=O)COC(=O)c2ccc(N3C(=O)[C@H]4C[C@H](c5ccccc5)CC[C@H]4C3=O)cc2)c1C. The Morgan fingerprint density at radius 2 is 1.58 bits per heavy atom. The van der Waals surface area contributed by atoms with Crippen LogP contribution >= 0.6 is 0 Å². The van der Waals surface area contributed by atoms with Crippen LogP contribution in [0.3, 0.4) is 0 Å². The minimum absolute atomic E-state index is 0.176. The van der Waals surface area contributed by atoms with Crippen LogP contribution in [0.4, 0.5) is 11.4 Å². The third-order valence-electron chi connectivity index (χ3n) is 7.77. The summed E-state index contributed by atoms with van der Waals surface area (Å²) in [4.78, 5) is 52.5. The van der Waals surface area contributed by atoms with E-state index in [4.69, 9.17) is 4.74 Å². The van der Waals surface area contributed by atoms with Crippen LogP contribution in [0.1, 0.15) is 52.2 Å². The van der Waals surface area contributed by atoms with Crippen molar-refractivity contribution in [2.45, 2.75) is 39.0 Å². The Morgan fingerprint density at radius 3 is 2.32 bits per heavy atom. The maximum absolute atomic E-state index is 13.3. The van der Waals surface area contributed by atoms with Crippen molar-refractivity contribution in [1.29, 1.82) is 0 Å². The van der Waals surface area contributed by atoms with Crippen molar-refractivity contribution in [3.05, 3.63) is 95.1 Å². The van der Waals surface area contributed by atoms with E-state index in [1.165, 1.54) is 22.6 Å². The zero-order valence-corrected chi connectivity index (χ0v) is 21.5. The number of imide groups is 1. The summed E-state index contributed by atoms with van der Waals surface area (Å²) >= 11 is 0. The maximum Gasteiger partial charge on any atom is 0.338 e. The number of hydrogen-bond acceptors (Lipinski definition) is 5. The first-order chi connectivity index (χ1) is 18.3. The zero-order chi connectivity index (χ0) is 26.8. The summed E-state index contributed by atoms with van der Waals surface area (Å²) in [7, 11) is 0. The fraction of sp³-hybridized carbons (Fsp3) is 0.290. The molecule has 1 saturated carbocycles. The van der Waals surface area contributed by atoms with Gasteiger partial charge in [0.2, 0.25) is 11.8 Å². The molecule has 1 saturated heterocycles. The summed E-state index contributed by atoms with van der Waals surface area (Å²) in [5.41, 5.74) is 4.54. The largest absolute Gasteiger partial charge is 0.452 e. The van der Waals surface area contributed by atoms with Crippen LogP contribution in [0.25, 0.3) is 0 Å². The van der Waals surface area contributed by atoms with Gasteiger partial charge in [-0.25, -0.2) is 4.79 Å². The third kappa shape index (κ3) is 4.96. The van der Waals surface area contributed by atoms with Crippen molar-refractivity contribution in [2.24, 2.45) is 11.8 Å². The second-order valence-electron chi connectivity index (χ2n) is 10.1. The minimum atomic E-state index is -0.661. The van der Waals surface area contributed by atoms with Crippen molar-refractivity contribution in [3.8, 4) is 0 Å². The molecular weight excluding hydrogens is 480 g/mol. The van der Waals surface area contributed by atoms with Crippen molar-refractivity contribution >= 4 is 35.1 Å². The standard InChI is InChI=1S/C31H30N2O5/c1-19-7-6-10-27(20(19)2)32-28(34)18-38-31(37)22-11-14-24(15-12-22)33-29(35)25-16-13-23(17-26(25)30(33)36)21-8-4-3-5-9-21/h3-12,14-15,23,25-26H,13,16-18H2,1-2H3,(H,32,34)/t23-,25-,26+/m1/s1. The van der Waals surface area contributed by atoms with E-state index >= 15 is 0 Å². The molecule has 7 nitrogen and oxygen atoms in total. The van der Waals surface area contributed by atoms with Gasteiger partial charge in [0.1, 0.15) is 0 Å². The minimum Gasteiger partial charge on any atom is -0.452 e. The number of carbonyl (C=O) groups excluding carboxylic acids is 4. The van der Waals surface area contributed by atoms with Gasteiger partial charge in [-0.05, 0) is 86.1 Å². The van der Waals surface area contributed by atoms with Gasteiger partial charge in [-0.2, -0.15) is 0 Å². The quantitative estimate of drug-likeness (QED) is 0.365. The average molecular weight is 511 g/mol. The van der Waals surface area contributed by atoms with Gasteiger partial charge in [-0.15, -0.1) is 0 Å². The number of hydrogen-bond donors (Lipinski definition) is 1. The van der Waals surface area contributed by atoms with E-state index in [2.05, 4.69) is 17.4 Å². The van der Waals surface area contributed by atoms with Crippen molar-refractivity contribution in [1.82, 2.24) is 0 Å². The summed E-state index contributed by atoms with van der Waals surface area (Å²) in [6.45, 7) is 3.43. The molecule has 1 aliphatic heterocycles. The molecule has 3 amide bonds. The molecule has 0 aromatic heterocycles. The van der Waals surface area contributed by atoms with Crippen LogP contribution in [0.2, 0.25) is 0 Å². The lowest BCUT2D eigenvalue weighted by Gasteiger charge is -2.28. The lowest BCUT2D eigenvalue weighted by molar-refractivity contribution is -0.122. The third-order valence-corrected chi connectivity index (χ3v) is 7.77. The highest BCUT2D eigenvalue weighted by Gasteiger charge is 2.50. The fourth-order valence-corrected chi connectivity index (χ4v) is 5.50. The number of anilines is 2. The van der Waals surface area contributed by atoms with Crippen LogP contribution in [0.15, 0.2) is 72.8 Å². The lowest BCUT2D eigenvalue weighted by atomic mass is 9.73. The number of nitrogens with zero attached hydrogens (tertiary/aromatic N) is 1. The lowest BCUT2D eigenvalue weighted by Crippen LogP contribution is -2.30. The van der Waals surface area contributed by atoms with Gasteiger partial charge < -0.3 is 10.1 Å². The fourth-order valence-electron chi connectivity index (χ4n) is 5.50. The Morgan fingerprint density at radius 1 is 0.868 bits per heavy atom. The van der Waals surface area contributed by atoms with Gasteiger partial charge in [0, 0.05) is 5.69 Å². The molecule has 3 aromatic rings. The van der Waals surface area contributed by atoms with Crippen LogP contribution in [-0.2, 0) is 19.1 Å². The molecule has 1 N–H and O–H groups in total. The number of nitrogens with one attached hydrogen (secondary N) is 1. The summed E-state index contributed by atoms with van der Waals surface area (Å²) in [6, 6.07) is 21.9. The predicted molar refractivity (Wildman–Crippen MR) is 144 cm³/mol. The highest BCUT2D eigenvalue weighted by atomic mass is 16.5. The van der Waals surface area contributed by atoms with Crippen molar-refractivity contribution < 1.29 is 23.9 Å². The van der Waals surface area contributed by atoms with E-state index < -0.39 is 18.5 Å². The molecule has 2 fully saturated rings. The molecule has 38 heavy (non-hydrogen) atoms. The normalized spacial score (nSPS) is 20.7. The number of rotatable bonds is 6. The molecule has 0 radical (unpaired) electrons. The van der Waals surface area contributed by atoms with Crippen molar-refractivity contribution in [2.75, 3.05) is 16.8 Å². The van der Waals surface area contributed by atoms with Gasteiger partial charge in [0.15, 0.2) is 6.61 Å². The predicted octanol–water partition coefficient (Wildman–Crippen LogP) is 5.17. The van der Waals surface area contributed by atoms with E-state index in [0.717, 1.165) is 17.5 Å². The number of fused-ring (bicyclic) bond motifs is 1. The number of carbonyl (C=O) groups is 4. The van der Waals surface area contributed by atoms with E-state index in [1.807, 2.05) is 44.2 Å². The summed E-state index contributed by atoms with van der Waals surface area (Å²) in [5.74, 6) is -1.83. The molecule has 7 heteroatoms. The molecule has 1 heterocycles. The molecule has 5 rings (SSSR count). The Labute approximate surface area is 221 Å². The number of ether oxygens (including phenoxy) is 1. The Balaban J connectivity index is 1.20. The number of esters is 1. The first-order valence-electron chi connectivity index (χ1n) is 12.9. The van der Waals surface area contributed by atoms with Gasteiger partial charge in [-0.3, -0.25) is 19.3 Å². The molecule has 3 atom stereocenters. The highest BCUT2D eigenvalue weighted by Crippen LogP contribution is 2.45. The molecule has 3 aromatic carbocycles. The molecule has 0 bridgehead atoms. The van der Waals surface area contributed by atoms with Crippen molar-refractivity contribution in [3.63, 3.8) is 0 Å². The van der Waals surface area contributed by atoms with E-state index in [0.29, 0.717) is 24.2 Å². The number of benzene rings is 3. The second-order valence-corrected chi connectivity index (χ2v) is 10.1. The molecule has 1 aliphatic carbocycles. The Hall–Kier alpha value is -4.26. The number of aryl methyl sites for hydroxylation is 1. The Kier molecular flexibility index (Phi) is 7.09.